The minimum Gasteiger partial charge on any atom is -0.497 e. The van der Waals surface area contributed by atoms with Crippen LogP contribution in [0.25, 0.3) is 22.2 Å². The number of pyridine rings is 1. The molecule has 0 spiro atoms. The van der Waals surface area contributed by atoms with Crippen LogP contribution in [0.4, 0.5) is 17.3 Å². The fraction of sp³-hybridized carbons (Fsp3) is 0.353. The highest BCUT2D eigenvalue weighted by Crippen LogP contribution is 2.38. The molecule has 1 amide bonds. The number of ether oxygens (including phenoxy) is 3. The SMILES string of the molecule is C=CC(=O)N1CC(OCCn2c(=O)c(-c3cc(OC)cc(OC)c3Cl)cc3cnc(Nc4ccc(N5CCN(C)CC5)cc4)nc32)C1. The Balaban J connectivity index is 1.30. The van der Waals surface area contributed by atoms with Crippen LogP contribution >= 0.6 is 11.6 Å². The first-order valence-corrected chi connectivity index (χ1v) is 15.8. The van der Waals surface area contributed by atoms with Gasteiger partial charge in [0.15, 0.2) is 0 Å². The molecule has 4 aromatic rings. The van der Waals surface area contributed by atoms with Gasteiger partial charge in [-0.3, -0.25) is 14.2 Å². The molecule has 13 heteroatoms. The fourth-order valence-electron chi connectivity index (χ4n) is 5.77. The highest BCUT2D eigenvalue weighted by atomic mass is 35.5. The normalized spacial score (nSPS) is 15.4. The average molecular weight is 660 g/mol. The number of hydrogen-bond acceptors (Lipinski definition) is 10. The molecule has 2 aromatic carbocycles. The number of rotatable bonds is 11. The monoisotopic (exact) mass is 659 g/mol. The molecule has 12 nitrogen and oxygen atoms in total. The largest absolute Gasteiger partial charge is 0.497 e. The standard InChI is InChI=1S/C34H38ClN7O5/c1-5-30(43)41-20-26(21-41)47-15-14-42-32-22(16-28(33(42)44)27-17-25(45-3)18-29(46-4)31(27)35)19-36-34(38-32)37-23-6-8-24(9-7-23)40-12-10-39(2)11-13-40/h5-9,16-19,26H,1,10-15,20-21H2,2-4H3,(H,36,37,38). The molecule has 0 atom stereocenters. The molecule has 2 aliphatic heterocycles. The molecule has 2 saturated heterocycles. The van der Waals surface area contributed by atoms with E-state index in [2.05, 4.69) is 45.9 Å². The van der Waals surface area contributed by atoms with Gasteiger partial charge in [-0.15, -0.1) is 0 Å². The number of nitrogens with one attached hydrogen (secondary N) is 1. The van der Waals surface area contributed by atoms with E-state index in [0.717, 1.165) is 31.9 Å². The minimum atomic E-state index is -0.309. The first-order valence-electron chi connectivity index (χ1n) is 15.4. The first kappa shape index (κ1) is 32.3. The quantitative estimate of drug-likeness (QED) is 0.237. The Morgan fingerprint density at radius 1 is 1.06 bits per heavy atom. The van der Waals surface area contributed by atoms with Crippen LogP contribution in [0.3, 0.4) is 0 Å². The second-order valence-corrected chi connectivity index (χ2v) is 12.0. The minimum absolute atomic E-state index is 0.123. The number of anilines is 3. The van der Waals surface area contributed by atoms with Gasteiger partial charge in [0.1, 0.15) is 17.1 Å². The van der Waals surface area contributed by atoms with Crippen LogP contribution in [0.15, 0.2) is 66.1 Å². The Kier molecular flexibility index (Phi) is 9.62. The molecule has 0 bridgehead atoms. The third kappa shape index (κ3) is 6.90. The smallest absolute Gasteiger partial charge is 0.260 e. The number of likely N-dealkylation sites (N-methyl/N-ethyl adjacent to an activating group) is 1. The zero-order chi connectivity index (χ0) is 33.1. The van der Waals surface area contributed by atoms with Gasteiger partial charge < -0.3 is 34.2 Å². The topological polar surface area (TPSA) is 114 Å². The number of aromatic nitrogens is 3. The predicted octanol–water partition coefficient (Wildman–Crippen LogP) is 4.04. The van der Waals surface area contributed by atoms with Gasteiger partial charge in [-0.25, -0.2) is 4.98 Å². The molecule has 2 aliphatic rings. The van der Waals surface area contributed by atoms with E-state index in [4.69, 9.17) is 30.8 Å². The second-order valence-electron chi connectivity index (χ2n) is 11.6. The Hall–Kier alpha value is -4.65. The van der Waals surface area contributed by atoms with Crippen molar-refractivity contribution in [3.05, 3.63) is 76.7 Å². The van der Waals surface area contributed by atoms with Crippen molar-refractivity contribution in [2.75, 3.05) is 77.4 Å². The predicted molar refractivity (Wildman–Crippen MR) is 183 cm³/mol. The Morgan fingerprint density at radius 3 is 2.49 bits per heavy atom. The number of hydrogen-bond donors (Lipinski definition) is 1. The number of piperazine rings is 1. The van der Waals surface area contributed by atoms with Gasteiger partial charge in [0.2, 0.25) is 11.9 Å². The first-order chi connectivity index (χ1) is 22.8. The Labute approximate surface area is 278 Å². The zero-order valence-electron chi connectivity index (χ0n) is 26.7. The van der Waals surface area contributed by atoms with Crippen LogP contribution in [0.2, 0.25) is 5.02 Å². The van der Waals surface area contributed by atoms with Gasteiger partial charge in [0.05, 0.1) is 38.5 Å². The number of halogens is 1. The lowest BCUT2D eigenvalue weighted by Gasteiger charge is -2.38. The summed E-state index contributed by atoms with van der Waals surface area (Å²) in [6, 6.07) is 13.3. The van der Waals surface area contributed by atoms with Crippen LogP contribution in [0.5, 0.6) is 11.5 Å². The van der Waals surface area contributed by atoms with Crippen LogP contribution in [0.1, 0.15) is 0 Å². The molecule has 2 fully saturated rings. The van der Waals surface area contributed by atoms with Gasteiger partial charge in [-0.2, -0.15) is 4.98 Å². The van der Waals surface area contributed by atoms with Crippen molar-refractivity contribution in [1.29, 1.82) is 0 Å². The van der Waals surface area contributed by atoms with Gasteiger partial charge >= 0.3 is 0 Å². The zero-order valence-corrected chi connectivity index (χ0v) is 27.5. The highest BCUT2D eigenvalue weighted by Gasteiger charge is 2.30. The molecule has 0 aliphatic carbocycles. The maximum Gasteiger partial charge on any atom is 0.260 e. The van der Waals surface area contributed by atoms with E-state index in [9.17, 15) is 9.59 Å². The molecule has 1 N–H and O–H groups in total. The van der Waals surface area contributed by atoms with E-state index >= 15 is 0 Å². The van der Waals surface area contributed by atoms with Gasteiger partial charge in [0, 0.05) is 79.4 Å². The fourth-order valence-corrected chi connectivity index (χ4v) is 6.06. The summed E-state index contributed by atoms with van der Waals surface area (Å²) in [6.07, 6.45) is 2.85. The molecule has 0 radical (unpaired) electrons. The molecule has 47 heavy (non-hydrogen) atoms. The number of carbonyl (C=O) groups is 1. The Bertz CT molecular complexity index is 1830. The molecular formula is C34H38ClN7O5. The summed E-state index contributed by atoms with van der Waals surface area (Å²) in [4.78, 5) is 41.7. The molecule has 0 unspecified atom stereocenters. The number of carbonyl (C=O) groups excluding carboxylic acids is 1. The maximum absolute atomic E-state index is 14.2. The average Bonchev–Trinajstić information content (AvgIpc) is 3.07. The van der Waals surface area contributed by atoms with Crippen molar-refractivity contribution in [3.8, 4) is 22.6 Å². The molecule has 2 aromatic heterocycles. The van der Waals surface area contributed by atoms with Crippen molar-refractivity contribution in [1.82, 2.24) is 24.3 Å². The summed E-state index contributed by atoms with van der Waals surface area (Å²) < 4.78 is 18.5. The number of fused-ring (bicyclic) bond motifs is 1. The maximum atomic E-state index is 14.2. The third-order valence-electron chi connectivity index (χ3n) is 8.58. The summed E-state index contributed by atoms with van der Waals surface area (Å²) >= 11 is 6.71. The number of benzene rings is 2. The van der Waals surface area contributed by atoms with Crippen molar-refractivity contribution < 1.29 is 19.0 Å². The van der Waals surface area contributed by atoms with Crippen molar-refractivity contribution in [2.45, 2.75) is 12.6 Å². The van der Waals surface area contributed by atoms with E-state index in [1.807, 2.05) is 12.1 Å². The number of nitrogens with zero attached hydrogens (tertiary/aromatic N) is 6. The van der Waals surface area contributed by atoms with E-state index < -0.39 is 0 Å². The number of likely N-dealkylation sites (tertiary alicyclic amines) is 1. The van der Waals surface area contributed by atoms with E-state index in [1.54, 1.807) is 33.9 Å². The van der Waals surface area contributed by atoms with Crippen LogP contribution < -0.4 is 25.2 Å². The summed E-state index contributed by atoms with van der Waals surface area (Å²) in [7, 11) is 5.18. The van der Waals surface area contributed by atoms with Crippen molar-refractivity contribution in [3.63, 3.8) is 0 Å². The summed E-state index contributed by atoms with van der Waals surface area (Å²) in [5.41, 5.74) is 2.93. The van der Waals surface area contributed by atoms with Crippen molar-refractivity contribution in [2.24, 2.45) is 0 Å². The number of methoxy groups -OCH3 is 2. The van der Waals surface area contributed by atoms with E-state index in [-0.39, 0.29) is 35.7 Å². The van der Waals surface area contributed by atoms with Crippen LogP contribution in [-0.2, 0) is 16.1 Å². The highest BCUT2D eigenvalue weighted by molar-refractivity contribution is 6.35. The van der Waals surface area contributed by atoms with Gasteiger partial charge in [-0.05, 0) is 49.5 Å². The van der Waals surface area contributed by atoms with Crippen LogP contribution in [-0.4, -0.2) is 103 Å². The van der Waals surface area contributed by atoms with Gasteiger partial charge in [-0.1, -0.05) is 18.2 Å². The van der Waals surface area contributed by atoms with Crippen molar-refractivity contribution >= 4 is 45.9 Å². The second kappa shape index (κ2) is 14.0. The Morgan fingerprint density at radius 2 is 1.81 bits per heavy atom. The lowest BCUT2D eigenvalue weighted by molar-refractivity contribution is -0.139. The van der Waals surface area contributed by atoms with E-state index in [0.29, 0.717) is 52.7 Å². The molecule has 246 valence electrons. The van der Waals surface area contributed by atoms with E-state index in [1.165, 1.54) is 26.0 Å². The third-order valence-corrected chi connectivity index (χ3v) is 8.97. The van der Waals surface area contributed by atoms with Crippen LogP contribution in [0, 0.1) is 0 Å². The van der Waals surface area contributed by atoms with Gasteiger partial charge in [0.25, 0.3) is 5.56 Å². The molecule has 4 heterocycles. The molecule has 0 saturated carbocycles. The lowest BCUT2D eigenvalue weighted by atomic mass is 10.0. The lowest BCUT2D eigenvalue weighted by Crippen LogP contribution is -2.54. The molecular weight excluding hydrogens is 622 g/mol. The summed E-state index contributed by atoms with van der Waals surface area (Å²) in [6.45, 7) is 8.97. The number of amides is 1. The molecule has 6 rings (SSSR count). The summed E-state index contributed by atoms with van der Waals surface area (Å²) in [5.74, 6) is 1.10. The summed E-state index contributed by atoms with van der Waals surface area (Å²) in [5, 5.41) is 4.21.